The maximum absolute atomic E-state index is 12.1. The summed E-state index contributed by atoms with van der Waals surface area (Å²) >= 11 is 0. The molecule has 2 saturated heterocycles. The van der Waals surface area contributed by atoms with Gasteiger partial charge in [0.15, 0.2) is 0 Å². The van der Waals surface area contributed by atoms with E-state index < -0.39 is 5.97 Å². The summed E-state index contributed by atoms with van der Waals surface area (Å²) in [6, 6.07) is 0. The number of amides is 1. The summed E-state index contributed by atoms with van der Waals surface area (Å²) in [6.45, 7) is 2.81. The Hall–Kier alpha value is -1.10. The number of likely N-dealkylation sites (tertiary alicyclic amines) is 1. The molecule has 3 fully saturated rings. The summed E-state index contributed by atoms with van der Waals surface area (Å²) in [6.07, 6.45) is 2.69. The molecule has 0 radical (unpaired) electrons. The summed E-state index contributed by atoms with van der Waals surface area (Å²) in [5.74, 6) is 0.0910. The molecule has 100 valence electrons. The molecular formula is C13H19NO4. The van der Waals surface area contributed by atoms with E-state index in [1.165, 1.54) is 0 Å². The molecule has 0 aromatic heterocycles. The minimum Gasteiger partial charge on any atom is -0.481 e. The number of aliphatic carboxylic acids is 1. The van der Waals surface area contributed by atoms with Crippen LogP contribution in [0.25, 0.3) is 0 Å². The van der Waals surface area contributed by atoms with Gasteiger partial charge in [0.25, 0.3) is 0 Å². The molecule has 0 aromatic rings. The number of rotatable bonds is 3. The first-order valence-electron chi connectivity index (χ1n) is 6.75. The van der Waals surface area contributed by atoms with E-state index in [1.54, 1.807) is 0 Å². The van der Waals surface area contributed by atoms with Crippen molar-refractivity contribution in [2.75, 3.05) is 26.3 Å². The van der Waals surface area contributed by atoms with Crippen LogP contribution in [0.1, 0.15) is 19.3 Å². The second-order valence-electron chi connectivity index (χ2n) is 5.78. The van der Waals surface area contributed by atoms with Crippen LogP contribution in [0.5, 0.6) is 0 Å². The van der Waals surface area contributed by atoms with Crippen molar-refractivity contribution in [2.24, 2.45) is 23.7 Å². The number of carboxylic acids is 1. The highest BCUT2D eigenvalue weighted by atomic mass is 16.5. The molecule has 2 heterocycles. The molecule has 1 N–H and O–H groups in total. The molecule has 3 aliphatic rings. The predicted molar refractivity (Wildman–Crippen MR) is 62.8 cm³/mol. The van der Waals surface area contributed by atoms with Crippen molar-refractivity contribution in [3.8, 4) is 0 Å². The quantitative estimate of drug-likeness (QED) is 0.799. The lowest BCUT2D eigenvalue weighted by atomic mass is 9.98. The van der Waals surface area contributed by atoms with Gasteiger partial charge in [0.1, 0.15) is 0 Å². The molecule has 1 saturated carbocycles. The largest absolute Gasteiger partial charge is 0.481 e. The molecule has 0 aromatic carbocycles. The van der Waals surface area contributed by atoms with Crippen LogP contribution in [0.2, 0.25) is 0 Å². The number of ether oxygens (including phenoxy) is 1. The van der Waals surface area contributed by atoms with Crippen molar-refractivity contribution in [3.63, 3.8) is 0 Å². The molecule has 2 aliphatic heterocycles. The van der Waals surface area contributed by atoms with Crippen LogP contribution in [-0.2, 0) is 14.3 Å². The van der Waals surface area contributed by atoms with Crippen molar-refractivity contribution in [1.82, 2.24) is 4.90 Å². The number of hydrogen-bond donors (Lipinski definition) is 1. The van der Waals surface area contributed by atoms with Crippen LogP contribution >= 0.6 is 0 Å². The molecule has 0 spiro atoms. The zero-order chi connectivity index (χ0) is 12.7. The van der Waals surface area contributed by atoms with E-state index in [0.717, 1.165) is 19.4 Å². The van der Waals surface area contributed by atoms with Crippen molar-refractivity contribution in [1.29, 1.82) is 0 Å². The Kier molecular flexibility index (Phi) is 3.01. The SMILES string of the molecule is O=C(O)C1[C@H]2CN(C(=O)C[C@@H]3CCCOC3)C[C@@H]12. The van der Waals surface area contributed by atoms with Crippen LogP contribution < -0.4 is 0 Å². The maximum atomic E-state index is 12.1. The van der Waals surface area contributed by atoms with Crippen LogP contribution in [-0.4, -0.2) is 48.2 Å². The highest BCUT2D eigenvalue weighted by molar-refractivity contribution is 5.79. The smallest absolute Gasteiger partial charge is 0.307 e. The summed E-state index contributed by atoms with van der Waals surface area (Å²) < 4.78 is 5.38. The Bertz CT molecular complexity index is 352. The van der Waals surface area contributed by atoms with Gasteiger partial charge in [-0.15, -0.1) is 0 Å². The van der Waals surface area contributed by atoms with E-state index in [4.69, 9.17) is 9.84 Å². The number of nitrogens with zero attached hydrogens (tertiary/aromatic N) is 1. The standard InChI is InChI=1S/C13H19NO4/c15-11(4-8-2-1-3-18-7-8)14-5-9-10(6-14)12(9)13(16)17/h8-10,12H,1-7H2,(H,16,17)/t8-,9-,10+,12?/m0/s1. The summed E-state index contributed by atoms with van der Waals surface area (Å²) in [7, 11) is 0. The van der Waals surface area contributed by atoms with Crippen molar-refractivity contribution >= 4 is 11.9 Å². The highest BCUT2D eigenvalue weighted by Crippen LogP contribution is 2.51. The van der Waals surface area contributed by atoms with Gasteiger partial charge in [-0.3, -0.25) is 9.59 Å². The molecular weight excluding hydrogens is 234 g/mol. The van der Waals surface area contributed by atoms with E-state index in [1.807, 2.05) is 4.90 Å². The van der Waals surface area contributed by atoms with E-state index in [0.29, 0.717) is 32.0 Å². The summed E-state index contributed by atoms with van der Waals surface area (Å²) in [4.78, 5) is 24.8. The zero-order valence-corrected chi connectivity index (χ0v) is 10.4. The van der Waals surface area contributed by atoms with Gasteiger partial charge < -0.3 is 14.7 Å². The second-order valence-corrected chi connectivity index (χ2v) is 5.78. The van der Waals surface area contributed by atoms with Gasteiger partial charge in [0, 0.05) is 32.7 Å². The minimum atomic E-state index is -0.697. The van der Waals surface area contributed by atoms with Crippen molar-refractivity contribution < 1.29 is 19.4 Å². The second kappa shape index (κ2) is 4.53. The van der Waals surface area contributed by atoms with Gasteiger partial charge in [0.05, 0.1) is 5.92 Å². The highest BCUT2D eigenvalue weighted by Gasteiger charge is 2.60. The number of carbonyl (C=O) groups excluding carboxylic acids is 1. The first-order valence-corrected chi connectivity index (χ1v) is 6.75. The van der Waals surface area contributed by atoms with E-state index in [9.17, 15) is 9.59 Å². The monoisotopic (exact) mass is 253 g/mol. The van der Waals surface area contributed by atoms with E-state index in [-0.39, 0.29) is 23.7 Å². The molecule has 1 amide bonds. The first kappa shape index (κ1) is 12.0. The fourth-order valence-electron chi connectivity index (χ4n) is 3.44. The lowest BCUT2D eigenvalue weighted by Gasteiger charge is -2.25. The van der Waals surface area contributed by atoms with Gasteiger partial charge in [-0.25, -0.2) is 0 Å². The third-order valence-electron chi connectivity index (χ3n) is 4.55. The predicted octanol–water partition coefficient (Wildman–Crippen LogP) is 0.592. The fourth-order valence-corrected chi connectivity index (χ4v) is 3.44. The Balaban J connectivity index is 1.46. The molecule has 3 rings (SSSR count). The zero-order valence-electron chi connectivity index (χ0n) is 10.4. The number of carboxylic acid groups (broad SMARTS) is 1. The lowest BCUT2D eigenvalue weighted by molar-refractivity contribution is -0.141. The number of fused-ring (bicyclic) bond motifs is 1. The minimum absolute atomic E-state index is 0.182. The van der Waals surface area contributed by atoms with Crippen LogP contribution in [0, 0.1) is 23.7 Å². The van der Waals surface area contributed by atoms with Crippen LogP contribution in [0.4, 0.5) is 0 Å². The number of piperidine rings is 1. The molecule has 0 bridgehead atoms. The lowest BCUT2D eigenvalue weighted by Crippen LogP contribution is -2.35. The molecule has 18 heavy (non-hydrogen) atoms. The Morgan fingerprint density at radius 1 is 1.28 bits per heavy atom. The van der Waals surface area contributed by atoms with Gasteiger partial charge >= 0.3 is 5.97 Å². The van der Waals surface area contributed by atoms with Gasteiger partial charge in [0.2, 0.25) is 5.91 Å². The van der Waals surface area contributed by atoms with Crippen molar-refractivity contribution in [2.45, 2.75) is 19.3 Å². The van der Waals surface area contributed by atoms with Gasteiger partial charge in [-0.1, -0.05) is 0 Å². The van der Waals surface area contributed by atoms with Crippen molar-refractivity contribution in [3.05, 3.63) is 0 Å². The van der Waals surface area contributed by atoms with E-state index >= 15 is 0 Å². The molecule has 5 heteroatoms. The maximum Gasteiger partial charge on any atom is 0.307 e. The Morgan fingerprint density at radius 2 is 2.00 bits per heavy atom. The van der Waals surface area contributed by atoms with Crippen LogP contribution in [0.3, 0.4) is 0 Å². The summed E-state index contributed by atoms with van der Waals surface area (Å²) in [5.41, 5.74) is 0. The molecule has 1 unspecified atom stereocenters. The fraction of sp³-hybridized carbons (Fsp3) is 0.846. The van der Waals surface area contributed by atoms with Gasteiger partial charge in [-0.05, 0) is 30.6 Å². The Labute approximate surface area is 106 Å². The normalized spacial score (nSPS) is 38.3. The molecule has 4 atom stereocenters. The molecule has 5 nitrogen and oxygen atoms in total. The van der Waals surface area contributed by atoms with E-state index in [2.05, 4.69) is 0 Å². The average molecular weight is 253 g/mol. The average Bonchev–Trinajstić information content (AvgIpc) is 2.87. The van der Waals surface area contributed by atoms with Gasteiger partial charge in [-0.2, -0.15) is 0 Å². The third-order valence-corrected chi connectivity index (χ3v) is 4.55. The number of carbonyl (C=O) groups is 2. The number of hydrogen-bond acceptors (Lipinski definition) is 3. The topological polar surface area (TPSA) is 66.8 Å². The Morgan fingerprint density at radius 3 is 2.56 bits per heavy atom. The third kappa shape index (κ3) is 2.11. The molecule has 1 aliphatic carbocycles. The summed E-state index contributed by atoms with van der Waals surface area (Å²) in [5, 5.41) is 8.93. The van der Waals surface area contributed by atoms with Crippen LogP contribution in [0.15, 0.2) is 0 Å². The first-order chi connectivity index (χ1) is 8.66.